The van der Waals surface area contributed by atoms with Crippen molar-refractivity contribution in [1.29, 1.82) is 0 Å². The number of anilines is 2. The molecule has 0 saturated carbocycles. The lowest BCUT2D eigenvalue weighted by atomic mass is 10.3. The Kier molecular flexibility index (Phi) is 5.84. The first kappa shape index (κ1) is 16.9. The van der Waals surface area contributed by atoms with Crippen LogP contribution >= 0.6 is 34.4 Å². The summed E-state index contributed by atoms with van der Waals surface area (Å²) in [6.07, 6.45) is 0. The Morgan fingerprint density at radius 1 is 1.21 bits per heavy atom. The van der Waals surface area contributed by atoms with Crippen LogP contribution in [0.2, 0.25) is 0 Å². The number of para-hydroxylation sites is 1. The van der Waals surface area contributed by atoms with E-state index in [1.54, 1.807) is 11.3 Å². The lowest BCUT2D eigenvalue weighted by molar-refractivity contribution is -0.119. The SMILES string of the molecule is C[C@@H](NC(=O)CSc1nnc(Nc2ccccc2)s1)c1cccs1. The summed E-state index contributed by atoms with van der Waals surface area (Å²) in [6, 6.07) is 13.8. The summed E-state index contributed by atoms with van der Waals surface area (Å²) < 4.78 is 0.771. The molecule has 0 radical (unpaired) electrons. The Morgan fingerprint density at radius 2 is 2.04 bits per heavy atom. The second kappa shape index (κ2) is 8.27. The van der Waals surface area contributed by atoms with Crippen LogP contribution in [0, 0.1) is 0 Å². The molecule has 3 aromatic rings. The van der Waals surface area contributed by atoms with Crippen molar-refractivity contribution in [2.45, 2.75) is 17.3 Å². The quantitative estimate of drug-likeness (QED) is 0.601. The van der Waals surface area contributed by atoms with Crippen molar-refractivity contribution < 1.29 is 4.79 Å². The highest BCUT2D eigenvalue weighted by atomic mass is 32.2. The maximum atomic E-state index is 12.0. The number of nitrogens with zero attached hydrogens (tertiary/aromatic N) is 2. The first-order valence-corrected chi connectivity index (χ1v) is 10.00. The fraction of sp³-hybridized carbons (Fsp3) is 0.188. The van der Waals surface area contributed by atoms with Gasteiger partial charge in [-0.05, 0) is 30.5 Å². The smallest absolute Gasteiger partial charge is 0.230 e. The molecule has 0 aliphatic carbocycles. The Balaban J connectivity index is 1.47. The lowest BCUT2D eigenvalue weighted by Gasteiger charge is -2.11. The van der Waals surface area contributed by atoms with Crippen LogP contribution in [-0.2, 0) is 4.79 Å². The molecule has 0 saturated heterocycles. The van der Waals surface area contributed by atoms with Crippen LogP contribution in [0.15, 0.2) is 52.2 Å². The molecule has 0 spiro atoms. The van der Waals surface area contributed by atoms with E-state index in [9.17, 15) is 4.79 Å². The molecular weight excluding hydrogens is 360 g/mol. The molecule has 0 unspecified atom stereocenters. The maximum absolute atomic E-state index is 12.0. The fourth-order valence-corrected chi connectivity index (χ4v) is 4.30. The van der Waals surface area contributed by atoms with Crippen LogP contribution < -0.4 is 10.6 Å². The van der Waals surface area contributed by atoms with E-state index < -0.39 is 0 Å². The van der Waals surface area contributed by atoms with Gasteiger partial charge in [0.1, 0.15) is 0 Å². The summed E-state index contributed by atoms with van der Waals surface area (Å²) in [5.74, 6) is 0.323. The van der Waals surface area contributed by atoms with Crippen molar-refractivity contribution in [3.63, 3.8) is 0 Å². The van der Waals surface area contributed by atoms with Crippen molar-refractivity contribution in [3.05, 3.63) is 52.7 Å². The number of benzene rings is 1. The Bertz CT molecular complexity index is 774. The number of carbonyl (C=O) groups excluding carboxylic acids is 1. The third-order valence-corrected chi connectivity index (χ3v) is 6.13. The Hall–Kier alpha value is -1.90. The maximum Gasteiger partial charge on any atom is 0.230 e. The summed E-state index contributed by atoms with van der Waals surface area (Å²) in [5, 5.41) is 17.1. The standard InChI is InChI=1S/C16H16N4OS3/c1-11(13-8-5-9-22-13)17-14(21)10-23-16-20-19-15(24-16)18-12-6-3-2-4-7-12/h2-9,11H,10H2,1H3,(H,17,21)(H,18,19)/t11-/m1/s1. The van der Waals surface area contributed by atoms with Crippen LogP contribution in [-0.4, -0.2) is 21.9 Å². The normalized spacial score (nSPS) is 11.9. The highest BCUT2D eigenvalue weighted by molar-refractivity contribution is 8.01. The third kappa shape index (κ3) is 4.80. The van der Waals surface area contributed by atoms with E-state index in [1.165, 1.54) is 23.1 Å². The van der Waals surface area contributed by atoms with E-state index in [0.29, 0.717) is 5.75 Å². The van der Waals surface area contributed by atoms with Crippen LogP contribution in [0.5, 0.6) is 0 Å². The molecular formula is C16H16N4OS3. The Morgan fingerprint density at radius 3 is 2.79 bits per heavy atom. The van der Waals surface area contributed by atoms with Crippen molar-refractivity contribution in [2.24, 2.45) is 0 Å². The molecule has 24 heavy (non-hydrogen) atoms. The van der Waals surface area contributed by atoms with E-state index in [2.05, 4.69) is 20.8 Å². The average molecular weight is 377 g/mol. The van der Waals surface area contributed by atoms with E-state index in [-0.39, 0.29) is 11.9 Å². The second-order valence-electron chi connectivity index (χ2n) is 4.96. The molecule has 3 rings (SSSR count). The summed E-state index contributed by atoms with van der Waals surface area (Å²) in [4.78, 5) is 13.2. The summed E-state index contributed by atoms with van der Waals surface area (Å²) >= 11 is 4.48. The molecule has 8 heteroatoms. The zero-order valence-electron chi connectivity index (χ0n) is 12.9. The van der Waals surface area contributed by atoms with Gasteiger partial charge in [0.25, 0.3) is 0 Å². The molecule has 0 bridgehead atoms. The molecule has 2 heterocycles. The number of thiophene rings is 1. The zero-order valence-corrected chi connectivity index (χ0v) is 15.4. The molecule has 0 aliphatic rings. The van der Waals surface area contributed by atoms with Crippen LogP contribution in [0.1, 0.15) is 17.8 Å². The molecule has 0 fully saturated rings. The number of amides is 1. The first-order chi connectivity index (χ1) is 11.7. The van der Waals surface area contributed by atoms with E-state index in [1.807, 2.05) is 54.8 Å². The summed E-state index contributed by atoms with van der Waals surface area (Å²) in [7, 11) is 0. The van der Waals surface area contributed by atoms with Gasteiger partial charge < -0.3 is 10.6 Å². The number of hydrogen-bond donors (Lipinski definition) is 2. The van der Waals surface area contributed by atoms with Crippen molar-refractivity contribution in [1.82, 2.24) is 15.5 Å². The molecule has 0 aliphatic heterocycles. The van der Waals surface area contributed by atoms with E-state index in [4.69, 9.17) is 0 Å². The predicted octanol–water partition coefficient (Wildman–Crippen LogP) is 4.31. The van der Waals surface area contributed by atoms with Gasteiger partial charge in [-0.2, -0.15) is 0 Å². The fourth-order valence-electron chi connectivity index (χ4n) is 1.98. The molecule has 5 nitrogen and oxygen atoms in total. The molecule has 1 amide bonds. The summed E-state index contributed by atoms with van der Waals surface area (Å²) in [5.41, 5.74) is 0.965. The monoisotopic (exact) mass is 376 g/mol. The van der Waals surface area contributed by atoms with E-state index >= 15 is 0 Å². The van der Waals surface area contributed by atoms with E-state index in [0.717, 1.165) is 20.0 Å². The van der Waals surface area contributed by atoms with Gasteiger partial charge in [-0.1, -0.05) is 47.4 Å². The topological polar surface area (TPSA) is 66.9 Å². The largest absolute Gasteiger partial charge is 0.348 e. The molecule has 1 aromatic carbocycles. The van der Waals surface area contributed by atoms with Gasteiger partial charge in [-0.15, -0.1) is 21.5 Å². The number of nitrogens with one attached hydrogen (secondary N) is 2. The van der Waals surface area contributed by atoms with Crippen LogP contribution in [0.25, 0.3) is 0 Å². The number of rotatable bonds is 7. The lowest BCUT2D eigenvalue weighted by Crippen LogP contribution is -2.27. The van der Waals surface area contributed by atoms with Gasteiger partial charge in [0.05, 0.1) is 11.8 Å². The van der Waals surface area contributed by atoms with Gasteiger partial charge in [0.15, 0.2) is 4.34 Å². The number of carbonyl (C=O) groups is 1. The van der Waals surface area contributed by atoms with Crippen molar-refractivity contribution in [3.8, 4) is 0 Å². The minimum atomic E-state index is -0.00586. The highest BCUT2D eigenvalue weighted by Gasteiger charge is 2.12. The second-order valence-corrected chi connectivity index (χ2v) is 8.14. The number of thioether (sulfide) groups is 1. The van der Waals surface area contributed by atoms with Crippen LogP contribution in [0.4, 0.5) is 10.8 Å². The average Bonchev–Trinajstić information content (AvgIpc) is 3.26. The minimum Gasteiger partial charge on any atom is -0.348 e. The predicted molar refractivity (Wildman–Crippen MR) is 101 cm³/mol. The molecule has 2 N–H and O–H groups in total. The summed E-state index contributed by atoms with van der Waals surface area (Å²) in [6.45, 7) is 1.99. The highest BCUT2D eigenvalue weighted by Crippen LogP contribution is 2.27. The van der Waals surface area contributed by atoms with Gasteiger partial charge in [0, 0.05) is 10.6 Å². The molecule has 1 atom stereocenters. The Labute approximate surface area is 152 Å². The number of hydrogen-bond acceptors (Lipinski definition) is 7. The van der Waals surface area contributed by atoms with Crippen LogP contribution in [0.3, 0.4) is 0 Å². The van der Waals surface area contributed by atoms with Gasteiger partial charge >= 0.3 is 0 Å². The zero-order chi connectivity index (χ0) is 16.8. The number of aromatic nitrogens is 2. The minimum absolute atomic E-state index is 0.00586. The third-order valence-electron chi connectivity index (χ3n) is 3.11. The van der Waals surface area contributed by atoms with Gasteiger partial charge in [-0.25, -0.2) is 0 Å². The van der Waals surface area contributed by atoms with Crippen molar-refractivity contribution in [2.75, 3.05) is 11.1 Å². The van der Waals surface area contributed by atoms with Crippen molar-refractivity contribution >= 4 is 51.2 Å². The van der Waals surface area contributed by atoms with Gasteiger partial charge in [0.2, 0.25) is 11.0 Å². The first-order valence-electron chi connectivity index (χ1n) is 7.32. The molecule has 2 aromatic heterocycles. The van der Waals surface area contributed by atoms with Gasteiger partial charge in [-0.3, -0.25) is 4.79 Å². The molecule has 124 valence electrons.